The third-order valence-corrected chi connectivity index (χ3v) is 4.08. The maximum Gasteiger partial charge on any atom is 0.189 e. The lowest BCUT2D eigenvalue weighted by molar-refractivity contribution is 0.0220. The molecule has 0 amide bonds. The maximum atomic E-state index is 5.48. The number of nitrogens with one attached hydrogen (secondary N) is 1. The van der Waals surface area contributed by atoms with Gasteiger partial charge in [-0.15, -0.1) is 0 Å². The minimum Gasteiger partial charge on any atom is -0.468 e. The van der Waals surface area contributed by atoms with Crippen molar-refractivity contribution in [1.29, 1.82) is 0 Å². The fourth-order valence-electron chi connectivity index (χ4n) is 1.28. The monoisotopic (exact) mass is 269 g/mol. The molecule has 1 aromatic rings. The molecule has 0 radical (unpaired) electrons. The molecule has 0 aliphatic rings. The van der Waals surface area contributed by atoms with Crippen LogP contribution in [0.15, 0.2) is 24.3 Å². The maximum absolute atomic E-state index is 5.48. The van der Waals surface area contributed by atoms with Gasteiger partial charge in [-0.25, -0.2) is 0 Å². The predicted molar refractivity (Wildman–Crippen MR) is 76.7 cm³/mol. The first-order valence-electron chi connectivity index (χ1n) is 6.11. The van der Waals surface area contributed by atoms with Crippen molar-refractivity contribution in [2.45, 2.75) is 25.7 Å². The summed E-state index contributed by atoms with van der Waals surface area (Å²) in [7, 11) is 0.574. The van der Waals surface area contributed by atoms with Gasteiger partial charge in [0.25, 0.3) is 0 Å². The Bertz CT molecular complexity index is 335. The topological polar surface area (TPSA) is 39.7 Å². The van der Waals surface area contributed by atoms with Crippen molar-refractivity contribution in [1.82, 2.24) is 0 Å². The summed E-state index contributed by atoms with van der Waals surface area (Å²) in [6.07, 6.45) is 0. The van der Waals surface area contributed by atoms with Crippen LogP contribution in [0.1, 0.15) is 0 Å². The van der Waals surface area contributed by atoms with Gasteiger partial charge in [-0.3, -0.25) is 10.3 Å². The van der Waals surface area contributed by atoms with Crippen molar-refractivity contribution in [2.75, 3.05) is 26.0 Å². The molecule has 18 heavy (non-hydrogen) atoms. The molecular weight excluding hydrogens is 246 g/mol. The van der Waals surface area contributed by atoms with E-state index in [1.54, 1.807) is 7.11 Å². The average Bonchev–Trinajstić information content (AvgIpc) is 2.30. The van der Waals surface area contributed by atoms with Crippen molar-refractivity contribution >= 4 is 13.8 Å². The molecule has 0 saturated carbocycles. The van der Waals surface area contributed by atoms with Crippen LogP contribution in [0.3, 0.4) is 0 Å². The molecule has 1 rings (SSSR count). The van der Waals surface area contributed by atoms with Crippen LogP contribution in [-0.2, 0) is 9.57 Å². The summed E-state index contributed by atoms with van der Waals surface area (Å²) in [5, 5.41) is 0. The molecule has 0 fully saturated rings. The van der Waals surface area contributed by atoms with Crippen molar-refractivity contribution in [3.8, 4) is 5.75 Å². The summed E-state index contributed by atoms with van der Waals surface area (Å²) in [4.78, 5) is 4.80. The molecule has 4 nitrogen and oxygen atoms in total. The van der Waals surface area contributed by atoms with E-state index in [1.165, 1.54) is 0 Å². The Balaban J connectivity index is 2.19. The smallest absolute Gasteiger partial charge is 0.189 e. The Labute approximate surface area is 110 Å². The van der Waals surface area contributed by atoms with Crippen LogP contribution in [0.2, 0.25) is 25.7 Å². The van der Waals surface area contributed by atoms with Gasteiger partial charge in [0, 0.05) is 14.7 Å². The predicted octanol–water partition coefficient (Wildman–Crippen LogP) is 3.35. The molecule has 0 atom stereocenters. The van der Waals surface area contributed by atoms with E-state index in [0.717, 1.165) is 24.1 Å². The minimum atomic E-state index is -1.01. The average molecular weight is 269 g/mol. The van der Waals surface area contributed by atoms with Gasteiger partial charge in [-0.1, -0.05) is 19.6 Å². The molecule has 0 saturated heterocycles. The lowest BCUT2D eigenvalue weighted by Gasteiger charge is -2.15. The largest absolute Gasteiger partial charge is 0.468 e. The minimum absolute atomic E-state index is 0.307. The van der Waals surface area contributed by atoms with Gasteiger partial charge in [-0.2, -0.15) is 0 Å². The molecule has 0 aliphatic heterocycles. The Morgan fingerprint density at radius 1 is 1.11 bits per heavy atom. The van der Waals surface area contributed by atoms with E-state index in [0.29, 0.717) is 6.79 Å². The Morgan fingerprint density at radius 2 is 1.78 bits per heavy atom. The molecule has 0 unspecified atom stereocenters. The Kier molecular flexibility index (Phi) is 6.18. The molecule has 0 spiro atoms. The first-order valence-corrected chi connectivity index (χ1v) is 9.81. The van der Waals surface area contributed by atoms with Crippen LogP contribution in [0, 0.1) is 0 Å². The van der Waals surface area contributed by atoms with Crippen LogP contribution in [0.25, 0.3) is 0 Å². The zero-order valence-electron chi connectivity index (χ0n) is 11.7. The summed E-state index contributed by atoms with van der Waals surface area (Å²) in [5.74, 6) is 0.796. The molecule has 1 aromatic carbocycles. The summed E-state index contributed by atoms with van der Waals surface area (Å²) in [6.45, 7) is 8.08. The highest BCUT2D eigenvalue weighted by atomic mass is 28.3. The fraction of sp³-hybridized carbons (Fsp3) is 0.538. The zero-order chi connectivity index (χ0) is 13.4. The number of rotatable bonds is 8. The highest BCUT2D eigenvalue weighted by Crippen LogP contribution is 2.15. The second kappa shape index (κ2) is 7.40. The zero-order valence-corrected chi connectivity index (χ0v) is 12.7. The van der Waals surface area contributed by atoms with Gasteiger partial charge in [0.1, 0.15) is 5.75 Å². The van der Waals surface area contributed by atoms with E-state index < -0.39 is 8.07 Å². The van der Waals surface area contributed by atoms with E-state index in [1.807, 2.05) is 24.3 Å². The van der Waals surface area contributed by atoms with E-state index in [9.17, 15) is 0 Å². The van der Waals surface area contributed by atoms with Gasteiger partial charge < -0.3 is 9.47 Å². The third kappa shape index (κ3) is 6.63. The van der Waals surface area contributed by atoms with Crippen molar-refractivity contribution in [3.63, 3.8) is 0 Å². The highest BCUT2D eigenvalue weighted by molar-refractivity contribution is 6.76. The van der Waals surface area contributed by atoms with E-state index >= 15 is 0 Å². The van der Waals surface area contributed by atoms with E-state index in [-0.39, 0.29) is 0 Å². The number of hydrogen-bond donors (Lipinski definition) is 1. The highest BCUT2D eigenvalue weighted by Gasteiger charge is 2.11. The molecule has 0 aliphatic carbocycles. The number of anilines is 1. The van der Waals surface area contributed by atoms with Crippen LogP contribution in [0.5, 0.6) is 5.75 Å². The second-order valence-electron chi connectivity index (χ2n) is 5.31. The summed E-state index contributed by atoms with van der Waals surface area (Å²) in [6, 6.07) is 8.70. The fourth-order valence-corrected chi connectivity index (χ4v) is 2.04. The van der Waals surface area contributed by atoms with Crippen molar-refractivity contribution in [3.05, 3.63) is 24.3 Å². The normalized spacial score (nSPS) is 11.3. The molecule has 0 aromatic heterocycles. The van der Waals surface area contributed by atoms with Crippen molar-refractivity contribution in [2.24, 2.45) is 0 Å². The number of hydrogen-bond acceptors (Lipinski definition) is 4. The van der Waals surface area contributed by atoms with E-state index in [2.05, 4.69) is 25.1 Å². The standard InChI is InChI=1S/C13H23NO3Si/c1-15-14-12-5-7-13(8-6-12)17-11-16-9-10-18(2,3)4/h5-8,14H,9-11H2,1-4H3. The lowest BCUT2D eigenvalue weighted by atomic mass is 10.3. The van der Waals surface area contributed by atoms with Crippen molar-refractivity contribution < 1.29 is 14.3 Å². The number of benzene rings is 1. The van der Waals surface area contributed by atoms with Gasteiger partial charge >= 0.3 is 0 Å². The van der Waals surface area contributed by atoms with Crippen LogP contribution >= 0.6 is 0 Å². The van der Waals surface area contributed by atoms with Gasteiger partial charge in [0.2, 0.25) is 0 Å². The molecule has 5 heteroatoms. The quantitative estimate of drug-likeness (QED) is 0.340. The summed E-state index contributed by atoms with van der Waals surface area (Å²) < 4.78 is 10.9. The lowest BCUT2D eigenvalue weighted by Crippen LogP contribution is -2.22. The van der Waals surface area contributed by atoms with Crippen LogP contribution < -0.4 is 10.2 Å². The Morgan fingerprint density at radius 3 is 2.33 bits per heavy atom. The van der Waals surface area contributed by atoms with Gasteiger partial charge in [-0.05, 0) is 30.3 Å². The van der Waals surface area contributed by atoms with Crippen LogP contribution in [-0.4, -0.2) is 28.6 Å². The molecule has 102 valence electrons. The third-order valence-electron chi connectivity index (χ3n) is 2.38. The molecule has 0 heterocycles. The van der Waals surface area contributed by atoms with E-state index in [4.69, 9.17) is 14.3 Å². The number of ether oxygens (including phenoxy) is 2. The van der Waals surface area contributed by atoms with Gasteiger partial charge in [0.05, 0.1) is 12.8 Å². The SMILES string of the molecule is CONc1ccc(OCOCC[Si](C)(C)C)cc1. The molecule has 0 bridgehead atoms. The summed E-state index contributed by atoms with van der Waals surface area (Å²) >= 11 is 0. The molecule has 1 N–H and O–H groups in total. The first-order chi connectivity index (χ1) is 8.51. The first kappa shape index (κ1) is 15.0. The second-order valence-corrected chi connectivity index (χ2v) is 10.9. The van der Waals surface area contributed by atoms with Gasteiger partial charge in [0.15, 0.2) is 6.79 Å². The summed E-state index contributed by atoms with van der Waals surface area (Å²) in [5.41, 5.74) is 3.64. The molecular formula is C13H23NO3Si. The van der Waals surface area contributed by atoms with Crippen LogP contribution in [0.4, 0.5) is 5.69 Å². The Hall–Kier alpha value is -1.04.